The number of carbonyl (C=O) groups excluding carboxylic acids is 2. The molecule has 0 N–H and O–H groups in total. The Balaban J connectivity index is 0.763. The van der Waals surface area contributed by atoms with Crippen LogP contribution in [-0.2, 0) is 0 Å². The zero-order valence-corrected chi connectivity index (χ0v) is 41.3. The van der Waals surface area contributed by atoms with Gasteiger partial charge in [-0.2, -0.15) is 0 Å². The van der Waals surface area contributed by atoms with Gasteiger partial charge in [0.25, 0.3) is 10.4 Å². The topological polar surface area (TPSA) is 149 Å². The van der Waals surface area contributed by atoms with Crippen LogP contribution in [0.1, 0.15) is 150 Å². The standard InChI is InChI=1S/C54H66N4O8S2/c1-3-5-7-13-17-37-61-45-29-25-43(26-30-45)51(59)63-47-33-21-41(22-34-47)49-55-57-53(65-49)67-39-19-15-11-9-10-12-16-20-40-68-54-58-56-50(66-54)42-23-35-48(36-24-42)64-52(60)44-27-31-46(32-28-44)62-38-18-14-8-6-4-2/h21-36H,3-20,37-40H2,1-2H3. The summed E-state index contributed by atoms with van der Waals surface area (Å²) < 4.78 is 34.6. The Morgan fingerprint density at radius 1 is 0.412 bits per heavy atom. The van der Waals surface area contributed by atoms with Crippen molar-refractivity contribution in [2.45, 2.75) is 140 Å². The van der Waals surface area contributed by atoms with Crippen molar-refractivity contribution >= 4 is 35.5 Å². The molecule has 2 heterocycles. The van der Waals surface area contributed by atoms with Gasteiger partial charge < -0.3 is 27.8 Å². The van der Waals surface area contributed by atoms with Gasteiger partial charge in [0.05, 0.1) is 24.3 Å². The zero-order valence-electron chi connectivity index (χ0n) is 39.7. The molecule has 12 nitrogen and oxygen atoms in total. The van der Waals surface area contributed by atoms with E-state index < -0.39 is 11.9 Å². The molecule has 68 heavy (non-hydrogen) atoms. The summed E-state index contributed by atoms with van der Waals surface area (Å²) in [6.07, 6.45) is 21.2. The molecular weight excluding hydrogens is 897 g/mol. The molecule has 0 fully saturated rings. The van der Waals surface area contributed by atoms with Crippen LogP contribution in [0.15, 0.2) is 116 Å². The van der Waals surface area contributed by atoms with E-state index in [1.165, 1.54) is 89.9 Å². The minimum Gasteiger partial charge on any atom is -0.494 e. The Labute approximate surface area is 410 Å². The summed E-state index contributed by atoms with van der Waals surface area (Å²) in [5.74, 6) is 4.22. The van der Waals surface area contributed by atoms with Crippen molar-refractivity contribution in [3.63, 3.8) is 0 Å². The number of unbranched alkanes of at least 4 members (excludes halogenated alkanes) is 15. The van der Waals surface area contributed by atoms with Gasteiger partial charge in [0, 0.05) is 22.6 Å². The molecule has 0 bridgehead atoms. The molecule has 0 atom stereocenters. The SMILES string of the molecule is CCCCCCCOc1ccc(C(=O)Oc2ccc(-c3nnc(SCCCCCCCCCCSc4nnc(-c5ccc(OC(=O)c6ccc(OCCCCCCC)cc6)cc5)o4)o3)cc2)cc1. The predicted molar refractivity (Wildman–Crippen MR) is 269 cm³/mol. The molecule has 0 radical (unpaired) electrons. The maximum atomic E-state index is 12.7. The average Bonchev–Trinajstić information content (AvgIpc) is 4.05. The summed E-state index contributed by atoms with van der Waals surface area (Å²) in [6.45, 7) is 5.77. The molecular formula is C54H66N4O8S2. The van der Waals surface area contributed by atoms with E-state index in [0.29, 0.717) is 58.1 Å². The summed E-state index contributed by atoms with van der Waals surface area (Å²) >= 11 is 3.15. The minimum absolute atomic E-state index is 0.430. The third-order valence-electron chi connectivity index (χ3n) is 11.1. The highest BCUT2D eigenvalue weighted by atomic mass is 32.2. The van der Waals surface area contributed by atoms with Crippen molar-refractivity contribution in [3.8, 4) is 45.9 Å². The minimum atomic E-state index is -0.430. The van der Waals surface area contributed by atoms with Crippen LogP contribution >= 0.6 is 23.5 Å². The van der Waals surface area contributed by atoms with Gasteiger partial charge in [0.2, 0.25) is 11.8 Å². The third kappa shape index (κ3) is 18.5. The molecule has 0 saturated heterocycles. The summed E-state index contributed by atoms with van der Waals surface area (Å²) in [4.78, 5) is 25.4. The first kappa shape index (κ1) is 51.8. The second kappa shape index (κ2) is 30.0. The Morgan fingerprint density at radius 3 is 1.13 bits per heavy atom. The summed E-state index contributed by atoms with van der Waals surface area (Å²) in [5.41, 5.74) is 2.44. The quantitative estimate of drug-likeness (QED) is 0.0167. The first-order valence-electron chi connectivity index (χ1n) is 24.5. The molecule has 0 aliphatic carbocycles. The molecule has 14 heteroatoms. The van der Waals surface area contributed by atoms with Crippen LogP contribution < -0.4 is 18.9 Å². The lowest BCUT2D eigenvalue weighted by molar-refractivity contribution is 0.0725. The van der Waals surface area contributed by atoms with E-state index in [1.807, 2.05) is 24.3 Å². The van der Waals surface area contributed by atoms with Crippen molar-refractivity contribution in [2.75, 3.05) is 24.7 Å². The fraction of sp³-hybridized carbons (Fsp3) is 0.444. The number of hydrogen-bond acceptors (Lipinski definition) is 14. The van der Waals surface area contributed by atoms with Crippen LogP contribution in [-0.4, -0.2) is 57.1 Å². The van der Waals surface area contributed by atoms with Gasteiger partial charge in [0.1, 0.15) is 23.0 Å². The molecule has 0 aliphatic rings. The van der Waals surface area contributed by atoms with E-state index in [2.05, 4.69) is 34.2 Å². The monoisotopic (exact) mass is 962 g/mol. The maximum absolute atomic E-state index is 12.7. The zero-order chi connectivity index (χ0) is 47.4. The molecule has 6 rings (SSSR count). The van der Waals surface area contributed by atoms with Crippen molar-refractivity contribution in [1.82, 2.24) is 20.4 Å². The van der Waals surface area contributed by atoms with Gasteiger partial charge in [-0.15, -0.1) is 20.4 Å². The molecule has 0 spiro atoms. The first-order chi connectivity index (χ1) is 33.5. The van der Waals surface area contributed by atoms with Gasteiger partial charge in [0.15, 0.2) is 0 Å². The van der Waals surface area contributed by atoms with Crippen molar-refractivity contribution in [2.24, 2.45) is 0 Å². The van der Waals surface area contributed by atoms with Gasteiger partial charge in [-0.25, -0.2) is 9.59 Å². The number of carbonyl (C=O) groups is 2. The molecule has 2 aromatic heterocycles. The fourth-order valence-corrected chi connectivity index (χ4v) is 8.70. The normalized spacial score (nSPS) is 11.1. The smallest absolute Gasteiger partial charge is 0.343 e. The van der Waals surface area contributed by atoms with Crippen LogP contribution in [0.3, 0.4) is 0 Å². The molecule has 0 amide bonds. The van der Waals surface area contributed by atoms with E-state index in [0.717, 1.165) is 59.8 Å². The molecule has 0 unspecified atom stereocenters. The highest BCUT2D eigenvalue weighted by Gasteiger charge is 2.14. The van der Waals surface area contributed by atoms with Crippen LogP contribution in [0.2, 0.25) is 0 Å². The van der Waals surface area contributed by atoms with Gasteiger partial charge in [-0.1, -0.05) is 127 Å². The number of nitrogens with zero attached hydrogens (tertiary/aromatic N) is 4. The number of thioether (sulfide) groups is 2. The Kier molecular flexibility index (Phi) is 22.9. The number of esters is 2. The van der Waals surface area contributed by atoms with Crippen LogP contribution in [0.4, 0.5) is 0 Å². The second-order valence-electron chi connectivity index (χ2n) is 16.7. The summed E-state index contributed by atoms with van der Waals surface area (Å²) in [6, 6.07) is 28.3. The molecule has 0 saturated carbocycles. The van der Waals surface area contributed by atoms with Crippen LogP contribution in [0, 0.1) is 0 Å². The number of benzene rings is 4. The Hall–Kier alpha value is -5.60. The molecule has 0 aliphatic heterocycles. The first-order valence-corrected chi connectivity index (χ1v) is 26.5. The lowest BCUT2D eigenvalue weighted by atomic mass is 10.1. The number of aromatic nitrogens is 4. The van der Waals surface area contributed by atoms with Crippen molar-refractivity contribution < 1.29 is 37.4 Å². The highest BCUT2D eigenvalue weighted by Crippen LogP contribution is 2.28. The molecule has 6 aromatic rings. The summed E-state index contributed by atoms with van der Waals surface area (Å²) in [7, 11) is 0. The van der Waals surface area contributed by atoms with E-state index in [-0.39, 0.29) is 0 Å². The predicted octanol–water partition coefficient (Wildman–Crippen LogP) is 14.9. The van der Waals surface area contributed by atoms with Crippen molar-refractivity contribution in [3.05, 3.63) is 108 Å². The lowest BCUT2D eigenvalue weighted by Crippen LogP contribution is -2.08. The number of rotatable bonds is 33. The van der Waals surface area contributed by atoms with Crippen LogP contribution in [0.25, 0.3) is 22.9 Å². The van der Waals surface area contributed by atoms with E-state index in [9.17, 15) is 9.59 Å². The largest absolute Gasteiger partial charge is 0.494 e. The molecule has 362 valence electrons. The molecule has 4 aromatic carbocycles. The maximum Gasteiger partial charge on any atom is 0.343 e. The highest BCUT2D eigenvalue weighted by molar-refractivity contribution is 7.99. The number of ether oxygens (including phenoxy) is 4. The summed E-state index contributed by atoms with van der Waals surface area (Å²) in [5, 5.41) is 18.0. The Bertz CT molecular complexity index is 2170. The average molecular weight is 963 g/mol. The van der Waals surface area contributed by atoms with Gasteiger partial charge >= 0.3 is 11.9 Å². The van der Waals surface area contributed by atoms with Crippen molar-refractivity contribution in [1.29, 1.82) is 0 Å². The van der Waals surface area contributed by atoms with Crippen LogP contribution in [0.5, 0.6) is 23.0 Å². The Morgan fingerprint density at radius 2 is 0.750 bits per heavy atom. The van der Waals surface area contributed by atoms with E-state index >= 15 is 0 Å². The van der Waals surface area contributed by atoms with Gasteiger partial charge in [-0.05, 0) is 123 Å². The third-order valence-corrected chi connectivity index (χ3v) is 12.9. The van der Waals surface area contributed by atoms with Gasteiger partial charge in [-0.3, -0.25) is 0 Å². The lowest BCUT2D eigenvalue weighted by Gasteiger charge is -2.08. The second-order valence-corrected chi connectivity index (χ2v) is 18.8. The fourth-order valence-electron chi connectivity index (χ4n) is 7.18. The number of hydrogen-bond donors (Lipinski definition) is 0. The van der Waals surface area contributed by atoms with E-state index in [4.69, 9.17) is 27.8 Å². The van der Waals surface area contributed by atoms with E-state index in [1.54, 1.807) is 96.3 Å².